The molecule has 1 aromatic heterocycles. The van der Waals surface area contributed by atoms with E-state index < -0.39 is 11.5 Å². The van der Waals surface area contributed by atoms with Gasteiger partial charge in [-0.2, -0.15) is 0 Å². The first-order valence-corrected chi connectivity index (χ1v) is 17.9. The van der Waals surface area contributed by atoms with Crippen molar-refractivity contribution in [2.45, 2.75) is 94.9 Å². The van der Waals surface area contributed by atoms with Crippen molar-refractivity contribution >= 4 is 28.9 Å². The Hall–Kier alpha value is -3.45. The van der Waals surface area contributed by atoms with Crippen molar-refractivity contribution < 1.29 is 19.4 Å². The van der Waals surface area contributed by atoms with E-state index in [1.54, 1.807) is 0 Å². The molecule has 3 aliphatic carbocycles. The first-order chi connectivity index (χ1) is 22.7. The van der Waals surface area contributed by atoms with Gasteiger partial charge in [-0.05, 0) is 135 Å². The summed E-state index contributed by atoms with van der Waals surface area (Å²) < 4.78 is 12.9. The number of nitrogens with zero attached hydrogens (tertiary/aromatic N) is 2. The number of aromatic nitrogens is 1. The maximum atomic E-state index is 12.9. The molecule has 7 nitrogen and oxygen atoms in total. The highest BCUT2D eigenvalue weighted by Gasteiger charge is 2.54. The van der Waals surface area contributed by atoms with Crippen molar-refractivity contribution in [3.8, 4) is 11.5 Å². The van der Waals surface area contributed by atoms with Gasteiger partial charge in [0.25, 0.3) is 0 Å². The number of nitrogens with one attached hydrogen (secondary N) is 1. The van der Waals surface area contributed by atoms with Gasteiger partial charge < -0.3 is 24.8 Å². The maximum absolute atomic E-state index is 12.9. The molecule has 1 unspecified atom stereocenters. The highest BCUT2D eigenvalue weighted by Crippen LogP contribution is 2.58. The fraction of sp³-hybridized carbons (Fsp3) is 0.538. The number of pyridine rings is 1. The first kappa shape index (κ1) is 32.1. The number of carboxylic acids is 1. The Morgan fingerprint density at radius 2 is 2.02 bits per heavy atom. The molecule has 1 saturated carbocycles. The van der Waals surface area contributed by atoms with Crippen LogP contribution in [-0.4, -0.2) is 48.4 Å². The topological polar surface area (TPSA) is 83.9 Å². The Kier molecular flexibility index (Phi) is 8.79. The predicted octanol–water partition coefficient (Wildman–Crippen LogP) is 8.42. The molecule has 0 amide bonds. The van der Waals surface area contributed by atoms with Crippen LogP contribution in [-0.2, 0) is 23.1 Å². The second-order valence-electron chi connectivity index (χ2n) is 14.8. The number of hydrogen-bond donors (Lipinski definition) is 2. The quantitative estimate of drug-likeness (QED) is 0.252. The molecule has 7 rings (SSSR count). The van der Waals surface area contributed by atoms with Gasteiger partial charge in [0, 0.05) is 41.8 Å². The van der Waals surface area contributed by atoms with Crippen LogP contribution in [0.5, 0.6) is 11.5 Å². The fourth-order valence-corrected chi connectivity index (χ4v) is 9.33. The van der Waals surface area contributed by atoms with Crippen LogP contribution in [0.4, 0.5) is 11.4 Å². The molecule has 1 fully saturated rings. The number of ether oxygens (including phenoxy) is 2. The van der Waals surface area contributed by atoms with Gasteiger partial charge in [-0.1, -0.05) is 31.5 Å². The van der Waals surface area contributed by atoms with Gasteiger partial charge in [-0.25, -0.2) is 4.79 Å². The van der Waals surface area contributed by atoms with Gasteiger partial charge in [0.2, 0.25) is 0 Å². The van der Waals surface area contributed by atoms with E-state index in [9.17, 15) is 9.90 Å². The fourth-order valence-electron chi connectivity index (χ4n) is 9.14. The lowest BCUT2D eigenvalue weighted by Crippen LogP contribution is -2.53. The third-order valence-corrected chi connectivity index (χ3v) is 11.9. The van der Waals surface area contributed by atoms with Crippen molar-refractivity contribution in [3.05, 3.63) is 76.1 Å². The maximum Gasteiger partial charge on any atom is 0.329 e. The van der Waals surface area contributed by atoms with Crippen molar-refractivity contribution in [2.24, 2.45) is 11.8 Å². The molecule has 2 N–H and O–H groups in total. The van der Waals surface area contributed by atoms with E-state index in [1.807, 2.05) is 36.5 Å². The molecule has 47 heavy (non-hydrogen) atoms. The van der Waals surface area contributed by atoms with Crippen molar-refractivity contribution in [1.82, 2.24) is 4.98 Å². The van der Waals surface area contributed by atoms with E-state index in [0.29, 0.717) is 48.8 Å². The van der Waals surface area contributed by atoms with E-state index in [2.05, 4.69) is 48.2 Å². The van der Waals surface area contributed by atoms with E-state index in [1.165, 1.54) is 40.9 Å². The zero-order chi connectivity index (χ0) is 32.8. The van der Waals surface area contributed by atoms with Crippen LogP contribution in [0.1, 0.15) is 93.5 Å². The predicted molar refractivity (Wildman–Crippen MR) is 187 cm³/mol. The molecule has 8 heteroatoms. The van der Waals surface area contributed by atoms with Gasteiger partial charge in [0.15, 0.2) is 0 Å². The highest BCUT2D eigenvalue weighted by molar-refractivity contribution is 6.30. The number of hydrogen-bond acceptors (Lipinski definition) is 6. The van der Waals surface area contributed by atoms with Crippen molar-refractivity contribution in [1.29, 1.82) is 0 Å². The summed E-state index contributed by atoms with van der Waals surface area (Å²) in [6.45, 7) is 6.95. The lowest BCUT2D eigenvalue weighted by molar-refractivity contribution is -0.144. The molecule has 0 radical (unpaired) electrons. The van der Waals surface area contributed by atoms with Gasteiger partial charge in [-0.3, -0.25) is 4.98 Å². The molecule has 3 atom stereocenters. The number of halogens is 1. The summed E-state index contributed by atoms with van der Waals surface area (Å²) in [4.78, 5) is 19.9. The zero-order valence-corrected chi connectivity index (χ0v) is 28.7. The number of aliphatic carboxylic acids is 1. The molecule has 2 aromatic carbocycles. The number of fused-ring (bicyclic) bond motifs is 4. The largest absolute Gasteiger partial charge is 0.493 e. The standard InChI is InChI=1S/C39H48ClN3O4/c1-25(24-47-34-11-16-41-32-10-4-7-26(2)36(32)34)19-28-20-27-21-33-35(46-18-6-17-43(33)3)23-31(27)38(28)12-14-39(15-13-38,37(44)45)42-30-9-5-8-29(40)22-30/h5,8-9,11,16,21-23,25-26,28,42H,4,6-7,10,12-15,17-20,24H2,1-3H3,(H,44,45)/t25-,26-,28?,38?,39?/m1/s1. The summed E-state index contributed by atoms with van der Waals surface area (Å²) in [5.41, 5.74) is 6.00. The van der Waals surface area contributed by atoms with E-state index in [0.717, 1.165) is 62.3 Å². The minimum Gasteiger partial charge on any atom is -0.493 e. The Morgan fingerprint density at radius 3 is 2.81 bits per heavy atom. The van der Waals surface area contributed by atoms with Gasteiger partial charge in [0.1, 0.15) is 17.0 Å². The van der Waals surface area contributed by atoms with Crippen LogP contribution in [0.15, 0.2) is 48.7 Å². The summed E-state index contributed by atoms with van der Waals surface area (Å²) >= 11 is 6.28. The van der Waals surface area contributed by atoms with Crippen LogP contribution >= 0.6 is 11.6 Å². The van der Waals surface area contributed by atoms with Crippen LogP contribution in [0, 0.1) is 11.8 Å². The number of anilines is 2. The lowest BCUT2D eigenvalue weighted by atomic mass is 9.59. The number of carbonyl (C=O) groups is 1. The van der Waals surface area contributed by atoms with Crippen LogP contribution < -0.4 is 19.7 Å². The highest BCUT2D eigenvalue weighted by atomic mass is 35.5. The Bertz CT molecular complexity index is 1630. The lowest BCUT2D eigenvalue weighted by Gasteiger charge is -2.47. The Balaban J connectivity index is 1.16. The molecule has 250 valence electrons. The Morgan fingerprint density at radius 1 is 1.19 bits per heavy atom. The molecule has 0 bridgehead atoms. The second kappa shape index (κ2) is 12.9. The van der Waals surface area contributed by atoms with Gasteiger partial charge in [-0.15, -0.1) is 0 Å². The summed E-state index contributed by atoms with van der Waals surface area (Å²) in [7, 11) is 2.16. The average molecular weight is 658 g/mol. The zero-order valence-electron chi connectivity index (χ0n) is 28.0. The summed E-state index contributed by atoms with van der Waals surface area (Å²) in [5.74, 6) is 2.35. The smallest absolute Gasteiger partial charge is 0.329 e. The molecular weight excluding hydrogens is 610 g/mol. The Labute approximate surface area is 284 Å². The number of aryl methyl sites for hydroxylation is 1. The van der Waals surface area contributed by atoms with Crippen LogP contribution in [0.25, 0.3) is 0 Å². The molecule has 0 saturated heterocycles. The van der Waals surface area contributed by atoms with Crippen LogP contribution in [0.2, 0.25) is 5.02 Å². The summed E-state index contributed by atoms with van der Waals surface area (Å²) in [6, 6.07) is 14.1. The van der Waals surface area contributed by atoms with E-state index >= 15 is 0 Å². The second-order valence-corrected chi connectivity index (χ2v) is 15.2. The SMILES string of the molecule is C[C@@H](COc1ccnc2c1[C@H](C)CCC2)CC1Cc2cc3c(cc2C12CCC(Nc1cccc(Cl)c1)(C(=O)O)CC2)OCCCN3C. The molecule has 4 aliphatic rings. The monoisotopic (exact) mass is 657 g/mol. The van der Waals surface area contributed by atoms with Crippen molar-refractivity contribution in [3.63, 3.8) is 0 Å². The van der Waals surface area contributed by atoms with Crippen molar-refractivity contribution in [2.75, 3.05) is 37.0 Å². The summed E-state index contributed by atoms with van der Waals surface area (Å²) in [6.07, 6.45) is 11.0. The molecule has 1 spiro atoms. The van der Waals surface area contributed by atoms with Crippen LogP contribution in [0.3, 0.4) is 0 Å². The molecule has 3 aromatic rings. The number of rotatable bonds is 8. The molecule has 1 aliphatic heterocycles. The van der Waals surface area contributed by atoms with E-state index in [-0.39, 0.29) is 5.41 Å². The minimum atomic E-state index is -1.04. The first-order valence-electron chi connectivity index (χ1n) is 17.6. The summed E-state index contributed by atoms with van der Waals surface area (Å²) in [5, 5.41) is 14.6. The van der Waals surface area contributed by atoms with E-state index in [4.69, 9.17) is 21.1 Å². The third kappa shape index (κ3) is 6.05. The normalized spacial score (nSPS) is 27.2. The third-order valence-electron chi connectivity index (χ3n) is 11.7. The molecular formula is C39H48ClN3O4. The van der Waals surface area contributed by atoms with Gasteiger partial charge in [0.05, 0.1) is 18.9 Å². The molecule has 2 heterocycles. The number of benzene rings is 2. The number of carboxylic acid groups (broad SMARTS) is 1. The minimum absolute atomic E-state index is 0.119. The average Bonchev–Trinajstić information content (AvgIpc) is 3.20. The van der Waals surface area contributed by atoms with Gasteiger partial charge >= 0.3 is 5.97 Å².